The van der Waals surface area contributed by atoms with Crippen molar-refractivity contribution in [3.8, 4) is 5.75 Å². The highest BCUT2D eigenvalue weighted by Gasteiger charge is 2.15. The van der Waals surface area contributed by atoms with Crippen LogP contribution in [0.25, 0.3) is 0 Å². The largest absolute Gasteiger partial charge is 0.435 e. The first-order chi connectivity index (χ1) is 7.65. The molecule has 0 unspecified atom stereocenters. The van der Waals surface area contributed by atoms with Gasteiger partial charge in [-0.3, -0.25) is 0 Å². The molecule has 16 heavy (non-hydrogen) atoms. The van der Waals surface area contributed by atoms with E-state index in [1.165, 1.54) is 12.1 Å². The summed E-state index contributed by atoms with van der Waals surface area (Å²) in [6, 6.07) is 6.83. The van der Waals surface area contributed by atoms with Gasteiger partial charge in [-0.25, -0.2) is 0 Å². The molecule has 86 valence electrons. The molecule has 0 saturated heterocycles. The van der Waals surface area contributed by atoms with Gasteiger partial charge in [-0.2, -0.15) is 13.9 Å². The average Bonchev–Trinajstić information content (AvgIpc) is 2.65. The van der Waals surface area contributed by atoms with E-state index in [1.807, 2.05) is 6.92 Å². The van der Waals surface area contributed by atoms with Crippen molar-refractivity contribution >= 4 is 5.71 Å². The van der Waals surface area contributed by atoms with Gasteiger partial charge in [0.1, 0.15) is 5.75 Å². The Morgan fingerprint density at radius 2 is 2.06 bits per heavy atom. The molecule has 0 aromatic heterocycles. The fourth-order valence-corrected chi connectivity index (χ4v) is 1.58. The van der Waals surface area contributed by atoms with E-state index in [2.05, 4.69) is 15.3 Å². The van der Waals surface area contributed by atoms with Gasteiger partial charge in [0.2, 0.25) is 0 Å². The summed E-state index contributed by atoms with van der Waals surface area (Å²) in [4.78, 5) is 0. The fraction of sp³-hybridized carbons (Fsp3) is 0.364. The van der Waals surface area contributed by atoms with E-state index in [9.17, 15) is 8.78 Å². The topological polar surface area (TPSA) is 33.6 Å². The molecule has 1 atom stereocenters. The van der Waals surface area contributed by atoms with E-state index < -0.39 is 6.61 Å². The van der Waals surface area contributed by atoms with Gasteiger partial charge in [0.15, 0.2) is 0 Å². The van der Waals surface area contributed by atoms with Crippen LogP contribution in [0.4, 0.5) is 8.78 Å². The maximum atomic E-state index is 11.9. The van der Waals surface area contributed by atoms with Gasteiger partial charge in [0, 0.05) is 12.5 Å². The first-order valence-electron chi connectivity index (χ1n) is 5.02. The van der Waals surface area contributed by atoms with Crippen molar-refractivity contribution < 1.29 is 13.5 Å². The van der Waals surface area contributed by atoms with E-state index in [1.54, 1.807) is 12.1 Å². The molecule has 0 radical (unpaired) electrons. The van der Waals surface area contributed by atoms with Crippen molar-refractivity contribution in [2.24, 2.45) is 5.10 Å². The molecule has 0 saturated carbocycles. The van der Waals surface area contributed by atoms with Crippen LogP contribution in [-0.2, 0) is 0 Å². The molecule has 2 rings (SSSR count). The van der Waals surface area contributed by atoms with Gasteiger partial charge < -0.3 is 10.2 Å². The van der Waals surface area contributed by atoms with Gasteiger partial charge >= 0.3 is 6.61 Å². The Kier molecular flexibility index (Phi) is 3.03. The fourth-order valence-electron chi connectivity index (χ4n) is 1.58. The van der Waals surface area contributed by atoms with Crippen LogP contribution >= 0.6 is 0 Å². The summed E-state index contributed by atoms with van der Waals surface area (Å²) in [5, 5.41) is 4.16. The lowest BCUT2D eigenvalue weighted by Gasteiger charge is -2.05. The van der Waals surface area contributed by atoms with Gasteiger partial charge in [-0.15, -0.1) is 0 Å². The van der Waals surface area contributed by atoms with Crippen LogP contribution in [0.1, 0.15) is 18.9 Å². The van der Waals surface area contributed by atoms with Crippen molar-refractivity contribution in [3.05, 3.63) is 29.8 Å². The smallest absolute Gasteiger partial charge is 0.387 e. The van der Waals surface area contributed by atoms with Crippen LogP contribution in [0.3, 0.4) is 0 Å². The first kappa shape index (κ1) is 10.9. The lowest BCUT2D eigenvalue weighted by atomic mass is 10.1. The molecule has 0 fully saturated rings. The Morgan fingerprint density at radius 3 is 2.56 bits per heavy atom. The quantitative estimate of drug-likeness (QED) is 0.858. The van der Waals surface area contributed by atoms with Crippen LogP contribution in [-0.4, -0.2) is 18.4 Å². The Hall–Kier alpha value is -1.65. The van der Waals surface area contributed by atoms with Crippen LogP contribution in [0.2, 0.25) is 0 Å². The third kappa shape index (κ3) is 2.48. The summed E-state index contributed by atoms with van der Waals surface area (Å²) < 4.78 is 28.1. The SMILES string of the molecule is C[C@@H]1CC(c2ccc(OC(F)F)cc2)=NN1. The molecule has 1 aromatic rings. The van der Waals surface area contributed by atoms with E-state index >= 15 is 0 Å². The van der Waals surface area contributed by atoms with E-state index in [4.69, 9.17) is 0 Å². The van der Waals surface area contributed by atoms with Crippen molar-refractivity contribution in [2.75, 3.05) is 0 Å². The number of nitrogens with zero attached hydrogens (tertiary/aromatic N) is 1. The first-order valence-corrected chi connectivity index (χ1v) is 5.02. The number of hydrogen-bond acceptors (Lipinski definition) is 3. The van der Waals surface area contributed by atoms with Crippen molar-refractivity contribution in [3.63, 3.8) is 0 Å². The summed E-state index contributed by atoms with van der Waals surface area (Å²) in [7, 11) is 0. The van der Waals surface area contributed by atoms with Crippen LogP contribution in [0.5, 0.6) is 5.75 Å². The number of hydrogen-bond donors (Lipinski definition) is 1. The number of benzene rings is 1. The molecule has 0 spiro atoms. The third-order valence-corrected chi connectivity index (χ3v) is 2.33. The molecule has 3 nitrogen and oxygen atoms in total. The van der Waals surface area contributed by atoms with E-state index in [0.29, 0.717) is 6.04 Å². The summed E-state index contributed by atoms with van der Waals surface area (Å²) >= 11 is 0. The summed E-state index contributed by atoms with van der Waals surface area (Å²) in [6.45, 7) is -0.749. The second-order valence-electron chi connectivity index (χ2n) is 3.70. The zero-order valence-electron chi connectivity index (χ0n) is 8.78. The zero-order chi connectivity index (χ0) is 11.5. The van der Waals surface area contributed by atoms with E-state index in [-0.39, 0.29) is 5.75 Å². The minimum Gasteiger partial charge on any atom is -0.435 e. The maximum absolute atomic E-state index is 11.9. The average molecular weight is 226 g/mol. The Morgan fingerprint density at radius 1 is 1.38 bits per heavy atom. The van der Waals surface area contributed by atoms with E-state index in [0.717, 1.165) is 17.7 Å². The maximum Gasteiger partial charge on any atom is 0.387 e. The van der Waals surface area contributed by atoms with Gasteiger partial charge in [-0.05, 0) is 36.8 Å². The molecular weight excluding hydrogens is 214 g/mol. The number of alkyl halides is 2. The number of ether oxygens (including phenoxy) is 1. The summed E-state index contributed by atoms with van der Waals surface area (Å²) in [6.07, 6.45) is 0.842. The molecule has 1 heterocycles. The monoisotopic (exact) mass is 226 g/mol. The highest BCUT2D eigenvalue weighted by atomic mass is 19.3. The van der Waals surface area contributed by atoms with Crippen molar-refractivity contribution in [1.29, 1.82) is 0 Å². The lowest BCUT2D eigenvalue weighted by Crippen LogP contribution is -2.13. The lowest BCUT2D eigenvalue weighted by molar-refractivity contribution is -0.0498. The summed E-state index contributed by atoms with van der Waals surface area (Å²) in [5.74, 6) is 0.165. The van der Waals surface area contributed by atoms with Crippen LogP contribution < -0.4 is 10.2 Å². The molecular formula is C11H12F2N2O. The second kappa shape index (κ2) is 4.47. The molecule has 1 N–H and O–H groups in total. The number of halogens is 2. The van der Waals surface area contributed by atoms with Crippen LogP contribution in [0, 0.1) is 0 Å². The predicted molar refractivity (Wildman–Crippen MR) is 56.8 cm³/mol. The minimum atomic E-state index is -2.78. The second-order valence-corrected chi connectivity index (χ2v) is 3.70. The van der Waals surface area contributed by atoms with Gasteiger partial charge in [0.25, 0.3) is 0 Å². The molecule has 1 aliphatic heterocycles. The molecule has 5 heteroatoms. The zero-order valence-corrected chi connectivity index (χ0v) is 8.78. The third-order valence-electron chi connectivity index (χ3n) is 2.33. The highest BCUT2D eigenvalue weighted by molar-refractivity contribution is 6.01. The number of nitrogens with one attached hydrogen (secondary N) is 1. The molecule has 1 aromatic carbocycles. The van der Waals surface area contributed by atoms with Crippen molar-refractivity contribution in [2.45, 2.75) is 26.0 Å². The molecule has 0 aliphatic carbocycles. The standard InChI is InChI=1S/C11H12F2N2O/c1-7-6-10(15-14-7)8-2-4-9(5-3-8)16-11(12)13/h2-5,7,11,14H,6H2,1H3/t7-/m1/s1. The minimum absolute atomic E-state index is 0.165. The van der Waals surface area contributed by atoms with Crippen LogP contribution in [0.15, 0.2) is 29.4 Å². The Bertz CT molecular complexity index is 389. The molecule has 0 amide bonds. The Labute approximate surface area is 92.1 Å². The normalized spacial score (nSPS) is 19.5. The van der Waals surface area contributed by atoms with Crippen molar-refractivity contribution in [1.82, 2.24) is 5.43 Å². The van der Waals surface area contributed by atoms with Gasteiger partial charge in [-0.1, -0.05) is 0 Å². The number of hydrazone groups is 1. The molecule has 1 aliphatic rings. The highest BCUT2D eigenvalue weighted by Crippen LogP contribution is 2.18. The number of rotatable bonds is 3. The summed E-state index contributed by atoms with van der Waals surface area (Å²) in [5.41, 5.74) is 4.82. The molecule has 0 bridgehead atoms. The van der Waals surface area contributed by atoms with Gasteiger partial charge in [0.05, 0.1) is 5.71 Å². The Balaban J connectivity index is 2.08. The predicted octanol–water partition coefficient (Wildman–Crippen LogP) is 2.37.